The Kier molecular flexibility index (Phi) is 5.17. The van der Waals surface area contributed by atoms with Crippen LogP contribution in [-0.4, -0.2) is 35.2 Å². The van der Waals surface area contributed by atoms with Crippen LogP contribution in [0.1, 0.15) is 30.1 Å². The van der Waals surface area contributed by atoms with Gasteiger partial charge in [-0.05, 0) is 24.6 Å². The lowest BCUT2D eigenvalue weighted by atomic mass is 10.1. The zero-order chi connectivity index (χ0) is 14.4. The molecule has 6 heteroatoms. The Morgan fingerprint density at radius 1 is 1.42 bits per heavy atom. The summed E-state index contributed by atoms with van der Waals surface area (Å²) in [7, 11) is 1.40. The Morgan fingerprint density at radius 2 is 2.11 bits per heavy atom. The summed E-state index contributed by atoms with van der Waals surface area (Å²) in [4.78, 5) is 22.8. The molecular weight excluding hydrogens is 250 g/mol. The highest BCUT2D eigenvalue weighted by molar-refractivity contribution is 5.97. The Hall–Kier alpha value is -2.24. The van der Waals surface area contributed by atoms with E-state index in [9.17, 15) is 14.7 Å². The van der Waals surface area contributed by atoms with Crippen molar-refractivity contribution >= 4 is 11.9 Å². The third kappa shape index (κ3) is 3.87. The first kappa shape index (κ1) is 14.8. The van der Waals surface area contributed by atoms with Crippen LogP contribution in [0.2, 0.25) is 0 Å². The molecule has 0 heterocycles. The molecule has 19 heavy (non-hydrogen) atoms. The van der Waals surface area contributed by atoms with Gasteiger partial charge in [-0.25, -0.2) is 4.79 Å². The monoisotopic (exact) mass is 267 g/mol. The Balaban J connectivity index is 2.82. The zero-order valence-corrected chi connectivity index (χ0v) is 10.8. The van der Waals surface area contributed by atoms with Crippen LogP contribution in [0.4, 0.5) is 0 Å². The quantitative estimate of drug-likeness (QED) is 0.723. The molecule has 1 aromatic rings. The standard InChI is InChI=1S/C13H17NO5/c1-3-4-9(13(17)18)14-12(16)8-5-6-11(19-2)10(15)7-8/h5-7,9,15H,3-4H2,1-2H3,(H,14,16)(H,17,18)/t9-/m0/s1. The molecular formula is C13H17NO5. The average Bonchev–Trinajstić information content (AvgIpc) is 2.37. The number of carbonyl (C=O) groups is 2. The van der Waals surface area contributed by atoms with Crippen molar-refractivity contribution in [3.63, 3.8) is 0 Å². The number of ether oxygens (including phenoxy) is 1. The van der Waals surface area contributed by atoms with Gasteiger partial charge in [0, 0.05) is 5.56 Å². The number of carbonyl (C=O) groups excluding carboxylic acids is 1. The largest absolute Gasteiger partial charge is 0.504 e. The summed E-state index contributed by atoms with van der Waals surface area (Å²) in [5.74, 6) is -1.54. The van der Waals surface area contributed by atoms with E-state index in [1.165, 1.54) is 25.3 Å². The second kappa shape index (κ2) is 6.63. The predicted octanol–water partition coefficient (Wildman–Crippen LogP) is 1.38. The molecule has 0 saturated heterocycles. The maximum atomic E-state index is 11.9. The lowest BCUT2D eigenvalue weighted by Gasteiger charge is -2.14. The van der Waals surface area contributed by atoms with Crippen molar-refractivity contribution in [2.75, 3.05) is 7.11 Å². The van der Waals surface area contributed by atoms with Crippen molar-refractivity contribution in [1.82, 2.24) is 5.32 Å². The van der Waals surface area contributed by atoms with E-state index in [0.29, 0.717) is 12.8 Å². The maximum absolute atomic E-state index is 11.9. The summed E-state index contributed by atoms with van der Waals surface area (Å²) in [5, 5.41) is 20.9. The van der Waals surface area contributed by atoms with Crippen LogP contribution in [-0.2, 0) is 4.79 Å². The molecule has 6 nitrogen and oxygen atoms in total. The van der Waals surface area contributed by atoms with Crippen molar-refractivity contribution in [1.29, 1.82) is 0 Å². The molecule has 0 aromatic heterocycles. The zero-order valence-electron chi connectivity index (χ0n) is 10.8. The van der Waals surface area contributed by atoms with E-state index in [1.54, 1.807) is 0 Å². The van der Waals surface area contributed by atoms with Gasteiger partial charge in [-0.15, -0.1) is 0 Å². The van der Waals surface area contributed by atoms with Gasteiger partial charge in [0.1, 0.15) is 6.04 Å². The number of rotatable bonds is 6. The number of methoxy groups -OCH3 is 1. The lowest BCUT2D eigenvalue weighted by molar-refractivity contribution is -0.139. The van der Waals surface area contributed by atoms with Crippen molar-refractivity contribution in [3.05, 3.63) is 23.8 Å². The summed E-state index contributed by atoms with van der Waals surface area (Å²) in [6.45, 7) is 1.83. The number of nitrogens with one attached hydrogen (secondary N) is 1. The maximum Gasteiger partial charge on any atom is 0.326 e. The Morgan fingerprint density at radius 3 is 2.58 bits per heavy atom. The van der Waals surface area contributed by atoms with E-state index >= 15 is 0 Å². The summed E-state index contributed by atoms with van der Waals surface area (Å²) in [6.07, 6.45) is 0.994. The van der Waals surface area contributed by atoms with Crippen molar-refractivity contribution in [2.24, 2.45) is 0 Å². The van der Waals surface area contributed by atoms with E-state index in [0.717, 1.165) is 0 Å². The molecule has 1 atom stereocenters. The Labute approximate surface area is 111 Å². The molecule has 0 aliphatic rings. The minimum absolute atomic E-state index is 0.169. The van der Waals surface area contributed by atoms with Gasteiger partial charge in [0.2, 0.25) is 0 Å². The first-order valence-corrected chi connectivity index (χ1v) is 5.90. The summed E-state index contributed by atoms with van der Waals surface area (Å²) < 4.78 is 4.86. The van der Waals surface area contributed by atoms with Crippen LogP contribution in [0.25, 0.3) is 0 Å². The molecule has 1 amide bonds. The highest BCUT2D eigenvalue weighted by Gasteiger charge is 2.20. The fourth-order valence-electron chi connectivity index (χ4n) is 1.62. The minimum Gasteiger partial charge on any atom is -0.504 e. The second-order valence-electron chi connectivity index (χ2n) is 4.04. The number of hydrogen-bond acceptors (Lipinski definition) is 4. The van der Waals surface area contributed by atoms with Gasteiger partial charge in [0.15, 0.2) is 11.5 Å². The number of carboxylic acids is 1. The molecule has 0 aliphatic heterocycles. The van der Waals surface area contributed by atoms with Crippen LogP contribution < -0.4 is 10.1 Å². The summed E-state index contributed by atoms with van der Waals surface area (Å²) in [5.41, 5.74) is 0.181. The molecule has 3 N–H and O–H groups in total. The van der Waals surface area contributed by atoms with Gasteiger partial charge in [-0.1, -0.05) is 13.3 Å². The number of phenolic OH excluding ortho intramolecular Hbond substituents is 1. The summed E-state index contributed by atoms with van der Waals surface area (Å²) >= 11 is 0. The van der Waals surface area contributed by atoms with E-state index < -0.39 is 17.9 Å². The molecule has 0 aliphatic carbocycles. The fraction of sp³-hybridized carbons (Fsp3) is 0.385. The number of amides is 1. The van der Waals surface area contributed by atoms with E-state index in [-0.39, 0.29) is 17.1 Å². The molecule has 104 valence electrons. The van der Waals surface area contributed by atoms with Gasteiger partial charge in [0.05, 0.1) is 7.11 Å². The molecule has 1 rings (SSSR count). The molecule has 0 unspecified atom stereocenters. The van der Waals surface area contributed by atoms with Gasteiger partial charge >= 0.3 is 5.97 Å². The molecule has 0 spiro atoms. The predicted molar refractivity (Wildman–Crippen MR) is 68.5 cm³/mol. The van der Waals surface area contributed by atoms with Gasteiger partial charge in [0.25, 0.3) is 5.91 Å². The first-order valence-electron chi connectivity index (χ1n) is 5.90. The third-order valence-corrected chi connectivity index (χ3v) is 2.62. The normalized spacial score (nSPS) is 11.7. The number of benzene rings is 1. The van der Waals surface area contributed by atoms with E-state index in [2.05, 4.69) is 5.32 Å². The van der Waals surface area contributed by atoms with Crippen molar-refractivity contribution in [3.8, 4) is 11.5 Å². The van der Waals surface area contributed by atoms with Gasteiger partial charge < -0.3 is 20.3 Å². The van der Waals surface area contributed by atoms with Crippen LogP contribution >= 0.6 is 0 Å². The topological polar surface area (TPSA) is 95.9 Å². The molecule has 0 radical (unpaired) electrons. The lowest BCUT2D eigenvalue weighted by Crippen LogP contribution is -2.40. The number of hydrogen-bond donors (Lipinski definition) is 3. The number of aromatic hydroxyl groups is 1. The average molecular weight is 267 g/mol. The highest BCUT2D eigenvalue weighted by Crippen LogP contribution is 2.26. The van der Waals surface area contributed by atoms with Crippen molar-refractivity contribution < 1.29 is 24.5 Å². The van der Waals surface area contributed by atoms with E-state index in [4.69, 9.17) is 9.84 Å². The molecule has 1 aromatic carbocycles. The third-order valence-electron chi connectivity index (χ3n) is 2.62. The van der Waals surface area contributed by atoms with Crippen LogP contribution in [0.3, 0.4) is 0 Å². The van der Waals surface area contributed by atoms with Crippen LogP contribution in [0.15, 0.2) is 18.2 Å². The van der Waals surface area contributed by atoms with Gasteiger partial charge in [-0.2, -0.15) is 0 Å². The van der Waals surface area contributed by atoms with Crippen LogP contribution in [0.5, 0.6) is 11.5 Å². The number of aliphatic carboxylic acids is 1. The SMILES string of the molecule is CCC[C@H](NC(=O)c1ccc(OC)c(O)c1)C(=O)O. The van der Waals surface area contributed by atoms with Crippen LogP contribution in [0, 0.1) is 0 Å². The number of carboxylic acid groups (broad SMARTS) is 1. The summed E-state index contributed by atoms with van der Waals surface area (Å²) in [6, 6.07) is 3.21. The highest BCUT2D eigenvalue weighted by atomic mass is 16.5. The van der Waals surface area contributed by atoms with Gasteiger partial charge in [-0.3, -0.25) is 4.79 Å². The Bertz CT molecular complexity index is 472. The first-order chi connectivity index (χ1) is 8.99. The van der Waals surface area contributed by atoms with E-state index in [1.807, 2.05) is 6.92 Å². The number of phenols is 1. The minimum atomic E-state index is -1.08. The van der Waals surface area contributed by atoms with Crippen molar-refractivity contribution in [2.45, 2.75) is 25.8 Å². The smallest absolute Gasteiger partial charge is 0.326 e. The fourth-order valence-corrected chi connectivity index (χ4v) is 1.62. The second-order valence-corrected chi connectivity index (χ2v) is 4.04. The molecule has 0 bridgehead atoms. The molecule has 0 fully saturated rings. The molecule has 0 saturated carbocycles.